The number of aromatic carboxylic acids is 1. The predicted octanol–water partition coefficient (Wildman–Crippen LogP) is 1.01. The van der Waals surface area contributed by atoms with Crippen molar-refractivity contribution < 1.29 is 14.6 Å². The van der Waals surface area contributed by atoms with Gasteiger partial charge in [0.1, 0.15) is 11.3 Å². The Kier molecular flexibility index (Phi) is 2.36. The molecule has 16 heavy (non-hydrogen) atoms. The van der Waals surface area contributed by atoms with Crippen molar-refractivity contribution in [2.75, 3.05) is 7.11 Å². The first-order chi connectivity index (χ1) is 7.63. The van der Waals surface area contributed by atoms with E-state index in [4.69, 9.17) is 9.84 Å². The molecule has 0 amide bonds. The van der Waals surface area contributed by atoms with Crippen LogP contribution >= 0.6 is 0 Å². The van der Waals surface area contributed by atoms with Gasteiger partial charge in [-0.3, -0.25) is 9.20 Å². The van der Waals surface area contributed by atoms with E-state index in [1.54, 1.807) is 18.2 Å². The number of aromatic nitrogens is 1. The molecule has 2 aromatic heterocycles. The van der Waals surface area contributed by atoms with E-state index in [1.165, 1.54) is 23.8 Å². The number of carbonyl (C=O) groups is 1. The number of hydrogen-bond donors (Lipinski definition) is 1. The number of fused-ring (bicyclic) bond motifs is 1. The average Bonchev–Trinajstić information content (AvgIpc) is 2.28. The molecule has 0 aromatic carbocycles. The Bertz CT molecular complexity index is 615. The molecule has 0 saturated carbocycles. The van der Waals surface area contributed by atoms with Crippen molar-refractivity contribution in [3.8, 4) is 5.75 Å². The molecule has 0 radical (unpaired) electrons. The minimum atomic E-state index is -1.23. The largest absolute Gasteiger partial charge is 0.497 e. The lowest BCUT2D eigenvalue weighted by atomic mass is 10.2. The summed E-state index contributed by atoms with van der Waals surface area (Å²) in [5.41, 5.74) is -0.204. The zero-order valence-electron chi connectivity index (χ0n) is 8.51. The van der Waals surface area contributed by atoms with Crippen LogP contribution in [0.5, 0.6) is 5.75 Å². The van der Waals surface area contributed by atoms with Crippen LogP contribution in [-0.2, 0) is 0 Å². The highest BCUT2D eigenvalue weighted by molar-refractivity contribution is 5.87. The van der Waals surface area contributed by atoms with Gasteiger partial charge in [-0.25, -0.2) is 4.79 Å². The molecule has 2 rings (SSSR count). The fourth-order valence-corrected chi connectivity index (χ4v) is 1.47. The van der Waals surface area contributed by atoms with E-state index in [-0.39, 0.29) is 5.56 Å². The second-order valence-corrected chi connectivity index (χ2v) is 3.22. The number of ether oxygens (including phenoxy) is 1. The topological polar surface area (TPSA) is 68.0 Å². The Morgan fingerprint density at radius 3 is 2.75 bits per heavy atom. The molecule has 0 saturated heterocycles. The maximum atomic E-state index is 11.7. The van der Waals surface area contributed by atoms with E-state index in [0.717, 1.165) is 0 Å². The van der Waals surface area contributed by atoms with Crippen LogP contribution in [0.3, 0.4) is 0 Å². The summed E-state index contributed by atoms with van der Waals surface area (Å²) in [6.45, 7) is 0. The lowest BCUT2D eigenvalue weighted by Crippen LogP contribution is -2.21. The third kappa shape index (κ3) is 1.52. The van der Waals surface area contributed by atoms with Crippen LogP contribution in [0.25, 0.3) is 5.52 Å². The second kappa shape index (κ2) is 3.69. The molecule has 0 atom stereocenters. The molecule has 0 fully saturated rings. The minimum absolute atomic E-state index is 0.248. The number of rotatable bonds is 2. The molecule has 0 spiro atoms. The summed E-state index contributed by atoms with van der Waals surface area (Å²) in [4.78, 5) is 22.5. The van der Waals surface area contributed by atoms with E-state index in [9.17, 15) is 9.59 Å². The minimum Gasteiger partial charge on any atom is -0.497 e. The number of pyridine rings is 2. The van der Waals surface area contributed by atoms with Crippen molar-refractivity contribution in [2.24, 2.45) is 0 Å². The van der Waals surface area contributed by atoms with Gasteiger partial charge in [-0.05, 0) is 18.2 Å². The van der Waals surface area contributed by atoms with E-state index in [2.05, 4.69) is 0 Å². The van der Waals surface area contributed by atoms with E-state index < -0.39 is 11.5 Å². The molecule has 0 unspecified atom stereocenters. The Balaban J connectivity index is 2.77. The molecule has 2 heterocycles. The molecule has 0 aliphatic rings. The first kappa shape index (κ1) is 10.2. The number of carboxylic acids is 1. The van der Waals surface area contributed by atoms with E-state index in [1.807, 2.05) is 0 Å². The molecule has 0 aliphatic carbocycles. The van der Waals surface area contributed by atoms with Crippen molar-refractivity contribution in [2.45, 2.75) is 0 Å². The molecular formula is C11H9NO4. The van der Waals surface area contributed by atoms with Crippen LogP contribution in [0.1, 0.15) is 10.4 Å². The van der Waals surface area contributed by atoms with Gasteiger partial charge in [0.25, 0.3) is 5.56 Å². The van der Waals surface area contributed by atoms with Crippen molar-refractivity contribution in [1.29, 1.82) is 0 Å². The van der Waals surface area contributed by atoms with Crippen LogP contribution in [0.4, 0.5) is 0 Å². The van der Waals surface area contributed by atoms with Gasteiger partial charge < -0.3 is 9.84 Å². The normalized spacial score (nSPS) is 10.3. The number of methoxy groups -OCH3 is 1. The highest BCUT2D eigenvalue weighted by Gasteiger charge is 2.10. The van der Waals surface area contributed by atoms with Crippen LogP contribution in [0.2, 0.25) is 0 Å². The third-order valence-electron chi connectivity index (χ3n) is 2.29. The highest BCUT2D eigenvalue weighted by Crippen LogP contribution is 2.12. The van der Waals surface area contributed by atoms with Crippen LogP contribution in [0.15, 0.2) is 35.3 Å². The molecule has 0 aliphatic heterocycles. The Morgan fingerprint density at radius 1 is 1.38 bits per heavy atom. The van der Waals surface area contributed by atoms with Gasteiger partial charge in [0.05, 0.1) is 12.6 Å². The summed E-state index contributed by atoms with van der Waals surface area (Å²) in [6.07, 6.45) is 1.49. The summed E-state index contributed by atoms with van der Waals surface area (Å²) >= 11 is 0. The van der Waals surface area contributed by atoms with Gasteiger partial charge in [0, 0.05) is 12.3 Å². The molecule has 1 N–H and O–H groups in total. The van der Waals surface area contributed by atoms with Crippen LogP contribution in [0, 0.1) is 0 Å². The zero-order valence-corrected chi connectivity index (χ0v) is 8.51. The summed E-state index contributed by atoms with van der Waals surface area (Å²) in [7, 11) is 1.52. The lowest BCUT2D eigenvalue weighted by Gasteiger charge is -2.04. The van der Waals surface area contributed by atoms with Crippen molar-refractivity contribution >= 4 is 11.5 Å². The fraction of sp³-hybridized carbons (Fsp3) is 0.0909. The Hall–Kier alpha value is -2.30. The van der Waals surface area contributed by atoms with Crippen molar-refractivity contribution in [1.82, 2.24) is 4.40 Å². The summed E-state index contributed by atoms with van der Waals surface area (Å²) in [5.74, 6) is -0.613. The first-order valence-electron chi connectivity index (χ1n) is 4.56. The van der Waals surface area contributed by atoms with Gasteiger partial charge in [0.15, 0.2) is 0 Å². The monoisotopic (exact) mass is 219 g/mol. The van der Waals surface area contributed by atoms with Gasteiger partial charge in [-0.15, -0.1) is 0 Å². The van der Waals surface area contributed by atoms with E-state index in [0.29, 0.717) is 11.3 Å². The summed E-state index contributed by atoms with van der Waals surface area (Å²) < 4.78 is 6.28. The van der Waals surface area contributed by atoms with Gasteiger partial charge in [-0.2, -0.15) is 0 Å². The molecule has 5 nitrogen and oxygen atoms in total. The summed E-state index contributed by atoms with van der Waals surface area (Å²) in [5, 5.41) is 8.79. The van der Waals surface area contributed by atoms with Gasteiger partial charge in [0.2, 0.25) is 0 Å². The van der Waals surface area contributed by atoms with Gasteiger partial charge in [-0.1, -0.05) is 0 Å². The number of carboxylic acid groups (broad SMARTS) is 1. The fourth-order valence-electron chi connectivity index (χ4n) is 1.47. The lowest BCUT2D eigenvalue weighted by molar-refractivity contribution is 0.0695. The third-order valence-corrected chi connectivity index (χ3v) is 2.29. The highest BCUT2D eigenvalue weighted by atomic mass is 16.5. The van der Waals surface area contributed by atoms with Crippen molar-refractivity contribution in [3.63, 3.8) is 0 Å². The van der Waals surface area contributed by atoms with Crippen LogP contribution < -0.4 is 10.3 Å². The first-order valence-corrected chi connectivity index (χ1v) is 4.56. The quantitative estimate of drug-likeness (QED) is 0.818. The molecule has 82 valence electrons. The molecular weight excluding hydrogens is 210 g/mol. The second-order valence-electron chi connectivity index (χ2n) is 3.22. The van der Waals surface area contributed by atoms with Gasteiger partial charge >= 0.3 is 5.97 Å². The molecule has 5 heteroatoms. The SMILES string of the molecule is COc1ccn2c(=O)c(C(=O)O)ccc2c1. The summed E-state index contributed by atoms with van der Waals surface area (Å²) in [6, 6.07) is 6.11. The zero-order chi connectivity index (χ0) is 11.7. The Labute approximate surface area is 90.5 Å². The van der Waals surface area contributed by atoms with E-state index >= 15 is 0 Å². The smallest absolute Gasteiger partial charge is 0.341 e. The maximum Gasteiger partial charge on any atom is 0.341 e. The average molecular weight is 219 g/mol. The Morgan fingerprint density at radius 2 is 2.12 bits per heavy atom. The maximum absolute atomic E-state index is 11.7. The number of hydrogen-bond acceptors (Lipinski definition) is 3. The molecule has 2 aromatic rings. The number of nitrogens with zero attached hydrogens (tertiary/aromatic N) is 1. The standard InChI is InChI=1S/C11H9NO4/c1-16-8-4-5-12-7(6-8)2-3-9(10(12)13)11(14)15/h2-6H,1H3,(H,14,15). The molecule has 0 bridgehead atoms. The van der Waals surface area contributed by atoms with Crippen LogP contribution in [-0.4, -0.2) is 22.6 Å². The predicted molar refractivity (Wildman–Crippen MR) is 57.2 cm³/mol. The van der Waals surface area contributed by atoms with Crippen molar-refractivity contribution in [3.05, 3.63) is 46.4 Å².